The molecular weight excluding hydrogens is 248 g/mol. The Kier molecular flexibility index (Phi) is 4.44. The second-order valence-corrected chi connectivity index (χ2v) is 6.09. The fraction of sp³-hybridized carbons (Fsp3) is 0.529. The lowest BCUT2D eigenvalue weighted by Crippen LogP contribution is -2.50. The Balaban J connectivity index is 1.98. The maximum Gasteiger partial charge on any atom is 0.225 e. The highest BCUT2D eigenvalue weighted by Gasteiger charge is 2.35. The molecule has 0 spiro atoms. The lowest BCUT2D eigenvalue weighted by molar-refractivity contribution is -0.122. The van der Waals surface area contributed by atoms with Crippen LogP contribution in [0.1, 0.15) is 43.7 Å². The zero-order valence-corrected chi connectivity index (χ0v) is 12.3. The van der Waals surface area contributed by atoms with Crippen LogP contribution in [0.15, 0.2) is 24.3 Å². The molecule has 1 saturated carbocycles. The summed E-state index contributed by atoms with van der Waals surface area (Å²) in [5.41, 5.74) is 1.50. The number of nitrogens with one attached hydrogen (secondary N) is 1. The van der Waals surface area contributed by atoms with Crippen molar-refractivity contribution < 1.29 is 4.79 Å². The number of hydrogen-bond donors (Lipinski definition) is 1. The molecule has 3 heteroatoms. The van der Waals surface area contributed by atoms with E-state index in [9.17, 15) is 10.1 Å². The zero-order chi connectivity index (χ0) is 14.6. The molecule has 0 bridgehead atoms. The van der Waals surface area contributed by atoms with E-state index >= 15 is 0 Å². The van der Waals surface area contributed by atoms with Crippen molar-refractivity contribution in [2.24, 2.45) is 5.92 Å². The maximum atomic E-state index is 12.2. The highest BCUT2D eigenvalue weighted by Crippen LogP contribution is 2.31. The number of nitrogens with zero attached hydrogens (tertiary/aromatic N) is 1. The monoisotopic (exact) mass is 270 g/mol. The van der Waals surface area contributed by atoms with Gasteiger partial charge in [0.05, 0.1) is 12.5 Å². The summed E-state index contributed by atoms with van der Waals surface area (Å²) in [7, 11) is 0. The minimum absolute atomic E-state index is 0.0493. The van der Waals surface area contributed by atoms with Crippen molar-refractivity contribution in [1.29, 1.82) is 5.26 Å². The number of rotatable bonds is 3. The quantitative estimate of drug-likeness (QED) is 0.917. The molecule has 0 unspecified atom stereocenters. The molecule has 2 rings (SSSR count). The van der Waals surface area contributed by atoms with Gasteiger partial charge in [0, 0.05) is 0 Å². The standard InChI is InChI=1S/C17H22N2O/c1-13-6-8-17(12-18,9-7-13)19-16(20)11-15-5-3-4-14(2)10-15/h3-5,10,13H,6-9,11H2,1-2H3,(H,19,20). The smallest absolute Gasteiger partial charge is 0.225 e. The Hall–Kier alpha value is -1.82. The van der Waals surface area contributed by atoms with E-state index in [1.165, 1.54) is 0 Å². The van der Waals surface area contributed by atoms with Crippen LogP contribution in [0, 0.1) is 24.2 Å². The molecule has 1 amide bonds. The number of benzene rings is 1. The van der Waals surface area contributed by atoms with Gasteiger partial charge in [0.15, 0.2) is 0 Å². The van der Waals surface area contributed by atoms with E-state index in [-0.39, 0.29) is 5.91 Å². The molecule has 1 fully saturated rings. The number of amides is 1. The minimum Gasteiger partial charge on any atom is -0.338 e. The third-order valence-electron chi connectivity index (χ3n) is 4.17. The molecule has 1 N–H and O–H groups in total. The number of aryl methyl sites for hydroxylation is 1. The van der Waals surface area contributed by atoms with E-state index < -0.39 is 5.54 Å². The van der Waals surface area contributed by atoms with Crippen LogP contribution in [0.5, 0.6) is 0 Å². The molecule has 0 aromatic heterocycles. The lowest BCUT2D eigenvalue weighted by Gasteiger charge is -2.34. The normalized spacial score (nSPS) is 25.8. The van der Waals surface area contributed by atoms with E-state index in [0.29, 0.717) is 12.3 Å². The Morgan fingerprint density at radius 2 is 2.15 bits per heavy atom. The van der Waals surface area contributed by atoms with Gasteiger partial charge >= 0.3 is 0 Å². The van der Waals surface area contributed by atoms with Crippen LogP contribution in [0.4, 0.5) is 0 Å². The second-order valence-electron chi connectivity index (χ2n) is 6.09. The third kappa shape index (κ3) is 3.60. The van der Waals surface area contributed by atoms with Crippen LogP contribution in [-0.2, 0) is 11.2 Å². The van der Waals surface area contributed by atoms with Crippen LogP contribution >= 0.6 is 0 Å². The Bertz CT molecular complexity index is 522. The van der Waals surface area contributed by atoms with Gasteiger partial charge in [-0.3, -0.25) is 4.79 Å². The van der Waals surface area contributed by atoms with E-state index in [4.69, 9.17) is 0 Å². The van der Waals surface area contributed by atoms with Crippen LogP contribution in [-0.4, -0.2) is 11.4 Å². The minimum atomic E-state index is -0.645. The molecule has 1 aromatic carbocycles. The highest BCUT2D eigenvalue weighted by atomic mass is 16.1. The second kappa shape index (κ2) is 6.09. The summed E-state index contributed by atoms with van der Waals surface area (Å²) in [6, 6.07) is 10.3. The van der Waals surface area contributed by atoms with Crippen molar-refractivity contribution in [3.8, 4) is 6.07 Å². The molecule has 1 aliphatic rings. The molecular formula is C17H22N2O. The van der Waals surface area contributed by atoms with E-state index in [0.717, 1.165) is 36.8 Å². The van der Waals surface area contributed by atoms with Gasteiger partial charge in [0.25, 0.3) is 0 Å². The van der Waals surface area contributed by atoms with Gasteiger partial charge < -0.3 is 5.32 Å². The van der Waals surface area contributed by atoms with Crippen LogP contribution in [0.2, 0.25) is 0 Å². The summed E-state index contributed by atoms with van der Waals surface area (Å²) < 4.78 is 0. The molecule has 1 aromatic rings. The van der Waals surface area contributed by atoms with Gasteiger partial charge in [-0.1, -0.05) is 36.8 Å². The van der Waals surface area contributed by atoms with Crippen molar-refractivity contribution in [1.82, 2.24) is 5.32 Å². The van der Waals surface area contributed by atoms with E-state index in [2.05, 4.69) is 18.3 Å². The average molecular weight is 270 g/mol. The highest BCUT2D eigenvalue weighted by molar-refractivity contribution is 5.79. The Morgan fingerprint density at radius 3 is 2.75 bits per heavy atom. The summed E-state index contributed by atoms with van der Waals surface area (Å²) in [6.07, 6.45) is 3.91. The van der Waals surface area contributed by atoms with Crippen molar-refractivity contribution in [2.75, 3.05) is 0 Å². The van der Waals surface area contributed by atoms with E-state index in [1.807, 2.05) is 31.2 Å². The van der Waals surface area contributed by atoms with Crippen LogP contribution < -0.4 is 5.32 Å². The molecule has 0 heterocycles. The van der Waals surface area contributed by atoms with Crippen molar-refractivity contribution in [3.05, 3.63) is 35.4 Å². The number of hydrogen-bond acceptors (Lipinski definition) is 2. The average Bonchev–Trinajstić information content (AvgIpc) is 2.41. The van der Waals surface area contributed by atoms with Gasteiger partial charge in [-0.2, -0.15) is 5.26 Å². The van der Waals surface area contributed by atoms with Gasteiger partial charge in [0.2, 0.25) is 5.91 Å². The fourth-order valence-electron chi connectivity index (χ4n) is 2.84. The van der Waals surface area contributed by atoms with Gasteiger partial charge in [-0.15, -0.1) is 0 Å². The predicted molar refractivity (Wildman–Crippen MR) is 79.0 cm³/mol. The summed E-state index contributed by atoms with van der Waals surface area (Å²) in [6.45, 7) is 4.22. The predicted octanol–water partition coefficient (Wildman–Crippen LogP) is 3.13. The molecule has 0 atom stereocenters. The SMILES string of the molecule is Cc1cccc(CC(=O)NC2(C#N)CCC(C)CC2)c1. The Labute approximate surface area is 121 Å². The first-order valence-corrected chi connectivity index (χ1v) is 7.31. The lowest BCUT2D eigenvalue weighted by atomic mass is 9.78. The molecule has 0 saturated heterocycles. The number of nitriles is 1. The number of carbonyl (C=O) groups excluding carboxylic acids is 1. The first-order chi connectivity index (χ1) is 9.53. The molecule has 106 valence electrons. The summed E-state index contributed by atoms with van der Waals surface area (Å²) in [5, 5.41) is 12.4. The van der Waals surface area contributed by atoms with Gasteiger partial charge in [-0.05, 0) is 44.1 Å². The molecule has 1 aliphatic carbocycles. The largest absolute Gasteiger partial charge is 0.338 e. The fourth-order valence-corrected chi connectivity index (χ4v) is 2.84. The molecule has 0 radical (unpaired) electrons. The molecule has 3 nitrogen and oxygen atoms in total. The topological polar surface area (TPSA) is 52.9 Å². The Morgan fingerprint density at radius 1 is 1.45 bits per heavy atom. The van der Waals surface area contributed by atoms with Crippen LogP contribution in [0.25, 0.3) is 0 Å². The first-order valence-electron chi connectivity index (χ1n) is 7.31. The molecule has 0 aliphatic heterocycles. The number of carbonyl (C=O) groups is 1. The van der Waals surface area contributed by atoms with Gasteiger partial charge in [0.1, 0.15) is 5.54 Å². The third-order valence-corrected chi connectivity index (χ3v) is 4.17. The summed E-state index contributed by atoms with van der Waals surface area (Å²) in [5.74, 6) is 0.608. The summed E-state index contributed by atoms with van der Waals surface area (Å²) in [4.78, 5) is 12.2. The maximum absolute atomic E-state index is 12.2. The van der Waals surface area contributed by atoms with Gasteiger partial charge in [-0.25, -0.2) is 0 Å². The molecule has 20 heavy (non-hydrogen) atoms. The van der Waals surface area contributed by atoms with Crippen molar-refractivity contribution in [3.63, 3.8) is 0 Å². The summed E-state index contributed by atoms with van der Waals surface area (Å²) >= 11 is 0. The first kappa shape index (κ1) is 14.6. The van der Waals surface area contributed by atoms with E-state index in [1.54, 1.807) is 0 Å². The van der Waals surface area contributed by atoms with Crippen molar-refractivity contribution in [2.45, 2.75) is 51.5 Å². The van der Waals surface area contributed by atoms with Crippen LogP contribution in [0.3, 0.4) is 0 Å². The van der Waals surface area contributed by atoms with Crippen molar-refractivity contribution >= 4 is 5.91 Å². The zero-order valence-electron chi connectivity index (χ0n) is 12.3.